The Kier molecular flexibility index (Phi) is 9.40. The van der Waals surface area contributed by atoms with Crippen molar-refractivity contribution in [3.05, 3.63) is 53.6 Å². The Morgan fingerprint density at radius 2 is 1.48 bits per heavy atom. The van der Waals surface area contributed by atoms with Gasteiger partial charge in [-0.3, -0.25) is 0 Å². The van der Waals surface area contributed by atoms with Gasteiger partial charge in [0, 0.05) is 12.7 Å². The van der Waals surface area contributed by atoms with Crippen LogP contribution in [0, 0.1) is 6.92 Å². The Labute approximate surface area is 154 Å². The number of unbranched alkanes of at least 4 members (excludes halogenated alkanes) is 7. The lowest BCUT2D eigenvalue weighted by molar-refractivity contribution is 0.539. The minimum Gasteiger partial charge on any atom is -0.335 e. The summed E-state index contributed by atoms with van der Waals surface area (Å²) in [7, 11) is 0. The van der Waals surface area contributed by atoms with Gasteiger partial charge in [0.25, 0.3) is 0 Å². The molecular weight excluding hydrogens is 304 g/mol. The molecule has 0 aliphatic heterocycles. The minimum absolute atomic E-state index is 1.08. The van der Waals surface area contributed by atoms with Gasteiger partial charge in [0.2, 0.25) is 0 Å². The molecule has 0 saturated carbocycles. The van der Waals surface area contributed by atoms with Crippen molar-refractivity contribution < 1.29 is 0 Å². The number of rotatable bonds is 13. The molecule has 0 amide bonds. The molecule has 2 rings (SSSR count). The van der Waals surface area contributed by atoms with Crippen molar-refractivity contribution in [1.29, 1.82) is 0 Å². The first kappa shape index (κ1) is 19.8. The van der Waals surface area contributed by atoms with Crippen LogP contribution in [0.5, 0.6) is 0 Å². The lowest BCUT2D eigenvalue weighted by atomic mass is 10.1. The fourth-order valence-electron chi connectivity index (χ4n) is 3.46. The van der Waals surface area contributed by atoms with Gasteiger partial charge in [-0.05, 0) is 38.2 Å². The fourth-order valence-corrected chi connectivity index (χ4v) is 3.46. The third kappa shape index (κ3) is 7.90. The van der Waals surface area contributed by atoms with Gasteiger partial charge < -0.3 is 4.57 Å². The van der Waals surface area contributed by atoms with Crippen LogP contribution in [-0.4, -0.2) is 9.55 Å². The highest BCUT2D eigenvalue weighted by Gasteiger charge is 2.04. The van der Waals surface area contributed by atoms with E-state index in [2.05, 4.69) is 54.9 Å². The van der Waals surface area contributed by atoms with Gasteiger partial charge >= 0.3 is 0 Å². The van der Waals surface area contributed by atoms with Gasteiger partial charge in [0.05, 0.1) is 5.69 Å². The number of hydrogen-bond acceptors (Lipinski definition) is 1. The molecule has 0 aliphatic rings. The number of aromatic nitrogens is 2. The largest absolute Gasteiger partial charge is 0.335 e. The molecule has 1 aromatic carbocycles. The predicted molar refractivity (Wildman–Crippen MR) is 108 cm³/mol. The second-order valence-electron chi connectivity index (χ2n) is 7.29. The zero-order valence-corrected chi connectivity index (χ0v) is 16.3. The van der Waals surface area contributed by atoms with E-state index in [0.29, 0.717) is 0 Å². The first-order valence-electron chi connectivity index (χ1n) is 10.4. The van der Waals surface area contributed by atoms with E-state index >= 15 is 0 Å². The molecule has 1 heterocycles. The molecule has 0 N–H and O–H groups in total. The van der Waals surface area contributed by atoms with Crippen molar-refractivity contribution in [1.82, 2.24) is 9.55 Å². The van der Waals surface area contributed by atoms with Crippen LogP contribution in [-0.2, 0) is 19.4 Å². The van der Waals surface area contributed by atoms with Gasteiger partial charge in [0.15, 0.2) is 0 Å². The summed E-state index contributed by atoms with van der Waals surface area (Å²) in [5.41, 5.74) is 2.69. The maximum Gasteiger partial charge on any atom is 0.105 e. The summed E-state index contributed by atoms with van der Waals surface area (Å²) in [6, 6.07) is 10.8. The van der Waals surface area contributed by atoms with Gasteiger partial charge in [-0.15, -0.1) is 0 Å². The molecule has 138 valence electrons. The van der Waals surface area contributed by atoms with Crippen LogP contribution in [0.3, 0.4) is 0 Å². The van der Waals surface area contributed by atoms with Gasteiger partial charge in [-0.1, -0.05) is 82.2 Å². The average Bonchev–Trinajstić information content (AvgIpc) is 2.98. The third-order valence-corrected chi connectivity index (χ3v) is 5.02. The Morgan fingerprint density at radius 1 is 0.800 bits per heavy atom. The first-order chi connectivity index (χ1) is 12.3. The highest BCUT2D eigenvalue weighted by atomic mass is 15.1. The lowest BCUT2D eigenvalue weighted by Gasteiger charge is -2.05. The van der Waals surface area contributed by atoms with E-state index in [1.807, 2.05) is 0 Å². The molecule has 0 radical (unpaired) electrons. The van der Waals surface area contributed by atoms with Crippen LogP contribution < -0.4 is 0 Å². The number of benzene rings is 1. The smallest absolute Gasteiger partial charge is 0.105 e. The van der Waals surface area contributed by atoms with E-state index in [4.69, 9.17) is 4.98 Å². The van der Waals surface area contributed by atoms with Gasteiger partial charge in [-0.2, -0.15) is 0 Å². The number of imidazole rings is 1. The molecule has 2 aromatic rings. The topological polar surface area (TPSA) is 17.8 Å². The summed E-state index contributed by atoms with van der Waals surface area (Å²) in [6.07, 6.45) is 16.7. The normalized spacial score (nSPS) is 11.1. The van der Waals surface area contributed by atoms with Crippen molar-refractivity contribution >= 4 is 0 Å². The standard InChI is InChI=1S/C23H36N2/c1-3-4-5-6-7-8-9-13-19-25-20-23(24-21(25)2)18-14-17-22-15-11-10-12-16-22/h10-12,15-16,20H,3-9,13-14,17-19H2,1-2H3. The van der Waals surface area contributed by atoms with E-state index in [-0.39, 0.29) is 0 Å². The summed E-state index contributed by atoms with van der Waals surface area (Å²) in [4.78, 5) is 4.75. The molecule has 0 spiro atoms. The van der Waals surface area contributed by atoms with Crippen molar-refractivity contribution in [3.8, 4) is 0 Å². The van der Waals surface area contributed by atoms with Crippen molar-refractivity contribution in [3.63, 3.8) is 0 Å². The SMILES string of the molecule is CCCCCCCCCCn1cc(CCCc2ccccc2)nc1C. The van der Waals surface area contributed by atoms with Crippen molar-refractivity contribution in [2.45, 2.75) is 91.0 Å². The molecule has 0 atom stereocenters. The molecule has 0 bridgehead atoms. The maximum atomic E-state index is 4.75. The van der Waals surface area contributed by atoms with Crippen LogP contribution in [0.4, 0.5) is 0 Å². The van der Waals surface area contributed by atoms with E-state index in [0.717, 1.165) is 19.4 Å². The van der Waals surface area contributed by atoms with E-state index in [9.17, 15) is 0 Å². The van der Waals surface area contributed by atoms with E-state index in [1.165, 1.54) is 74.9 Å². The quantitative estimate of drug-likeness (QED) is 0.380. The summed E-state index contributed by atoms with van der Waals surface area (Å²) >= 11 is 0. The number of aryl methyl sites for hydroxylation is 4. The second-order valence-corrected chi connectivity index (χ2v) is 7.29. The van der Waals surface area contributed by atoms with Crippen molar-refractivity contribution in [2.75, 3.05) is 0 Å². The molecule has 0 fully saturated rings. The summed E-state index contributed by atoms with van der Waals surface area (Å²) < 4.78 is 2.36. The molecule has 2 nitrogen and oxygen atoms in total. The van der Waals surface area contributed by atoms with Gasteiger partial charge in [-0.25, -0.2) is 4.98 Å². The molecular formula is C23H36N2. The fraction of sp³-hybridized carbons (Fsp3) is 0.609. The third-order valence-electron chi connectivity index (χ3n) is 5.02. The monoisotopic (exact) mass is 340 g/mol. The van der Waals surface area contributed by atoms with Crippen LogP contribution in [0.1, 0.15) is 81.8 Å². The summed E-state index contributed by atoms with van der Waals surface area (Å²) in [5.74, 6) is 1.18. The minimum atomic E-state index is 1.08. The average molecular weight is 341 g/mol. The second kappa shape index (κ2) is 11.9. The predicted octanol–water partition coefficient (Wildman–Crippen LogP) is 6.51. The van der Waals surface area contributed by atoms with Crippen LogP contribution >= 0.6 is 0 Å². The van der Waals surface area contributed by atoms with Crippen molar-refractivity contribution in [2.24, 2.45) is 0 Å². The Balaban J connectivity index is 1.61. The number of nitrogens with zero attached hydrogens (tertiary/aromatic N) is 2. The zero-order valence-electron chi connectivity index (χ0n) is 16.3. The van der Waals surface area contributed by atoms with Crippen LogP contribution in [0.25, 0.3) is 0 Å². The molecule has 0 saturated heterocycles. The highest BCUT2D eigenvalue weighted by molar-refractivity contribution is 5.15. The Morgan fingerprint density at radius 3 is 2.20 bits per heavy atom. The van der Waals surface area contributed by atoms with Crippen LogP contribution in [0.2, 0.25) is 0 Å². The molecule has 2 heteroatoms. The lowest BCUT2D eigenvalue weighted by Crippen LogP contribution is -1.99. The molecule has 0 unspecified atom stereocenters. The molecule has 1 aromatic heterocycles. The first-order valence-corrected chi connectivity index (χ1v) is 10.4. The maximum absolute atomic E-state index is 4.75. The summed E-state index contributed by atoms with van der Waals surface area (Å²) in [6.45, 7) is 5.56. The summed E-state index contributed by atoms with van der Waals surface area (Å²) in [5, 5.41) is 0. The van der Waals surface area contributed by atoms with E-state index < -0.39 is 0 Å². The zero-order chi connectivity index (χ0) is 17.7. The van der Waals surface area contributed by atoms with Crippen LogP contribution in [0.15, 0.2) is 36.5 Å². The Bertz CT molecular complexity index is 571. The number of hydrogen-bond donors (Lipinski definition) is 0. The Hall–Kier alpha value is -1.57. The van der Waals surface area contributed by atoms with E-state index in [1.54, 1.807) is 0 Å². The molecule has 25 heavy (non-hydrogen) atoms. The highest BCUT2D eigenvalue weighted by Crippen LogP contribution is 2.12. The molecule has 0 aliphatic carbocycles. The van der Waals surface area contributed by atoms with Gasteiger partial charge in [0.1, 0.15) is 5.82 Å².